The molecule has 3 aliphatic rings. The van der Waals surface area contributed by atoms with E-state index in [9.17, 15) is 29.5 Å². The minimum absolute atomic E-state index is 0.0162. The lowest BCUT2D eigenvalue weighted by Gasteiger charge is -2.63. The van der Waals surface area contributed by atoms with E-state index in [1.54, 1.807) is 30.3 Å². The van der Waals surface area contributed by atoms with E-state index in [2.05, 4.69) is 55.8 Å². The Labute approximate surface area is 454 Å². The third kappa shape index (κ3) is 12.5. The number of benzene rings is 4. The van der Waals surface area contributed by atoms with Crippen LogP contribution in [0.3, 0.4) is 0 Å². The number of nitriles is 1. The summed E-state index contributed by atoms with van der Waals surface area (Å²) < 4.78 is 24.2. The summed E-state index contributed by atoms with van der Waals surface area (Å²) in [6, 6.07) is 24.5. The first-order chi connectivity index (χ1) is 36.5. The second-order valence-corrected chi connectivity index (χ2v) is 22.5. The van der Waals surface area contributed by atoms with Crippen molar-refractivity contribution in [3.05, 3.63) is 105 Å². The topological polar surface area (TPSA) is 205 Å². The van der Waals surface area contributed by atoms with Gasteiger partial charge in [0.1, 0.15) is 47.4 Å². The summed E-state index contributed by atoms with van der Waals surface area (Å²) in [7, 11) is 1.36. The SMILES string of the molecule is C[C@@H](C(=O)N[C@H](C(=O)N1CCC[C@H]1c1nc(-c2ccc(OCCOCCOCCNc3ccc(C(=O)N[C@H]4C(C)(C)[C@H](Oc5ccc(C#N)c(Cl)c5)C4(C)C)cc3)c3ccccc23)cs1)C1CCCCC1)N(C)C(=O)O. The van der Waals surface area contributed by atoms with Gasteiger partial charge in [0.2, 0.25) is 11.8 Å². The number of nitrogens with one attached hydrogen (secondary N) is 3. The second-order valence-electron chi connectivity index (χ2n) is 21.2. The molecule has 1 aromatic heterocycles. The van der Waals surface area contributed by atoms with Gasteiger partial charge in [-0.1, -0.05) is 82.8 Å². The maximum Gasteiger partial charge on any atom is 0.407 e. The molecule has 3 fully saturated rings. The monoisotopic (exact) mass is 1080 g/mol. The molecule has 4 amide bonds. The van der Waals surface area contributed by atoms with Crippen molar-refractivity contribution in [1.29, 1.82) is 5.26 Å². The van der Waals surface area contributed by atoms with Crippen LogP contribution in [0, 0.1) is 28.1 Å². The molecule has 2 saturated carbocycles. The Morgan fingerprint density at radius 2 is 1.59 bits per heavy atom. The normalized spacial score (nSPS) is 19.7. The van der Waals surface area contributed by atoms with Crippen molar-refractivity contribution in [1.82, 2.24) is 25.4 Å². The van der Waals surface area contributed by atoms with Crippen LogP contribution >= 0.6 is 22.9 Å². The van der Waals surface area contributed by atoms with Crippen molar-refractivity contribution in [3.63, 3.8) is 0 Å². The average Bonchev–Trinajstić information content (AvgIpc) is 4.14. The number of hydrogen-bond donors (Lipinski definition) is 4. The maximum absolute atomic E-state index is 14.5. The first-order valence-electron chi connectivity index (χ1n) is 26.3. The highest BCUT2D eigenvalue weighted by Crippen LogP contribution is 2.56. The van der Waals surface area contributed by atoms with Gasteiger partial charge in [-0.2, -0.15) is 5.26 Å². The van der Waals surface area contributed by atoms with Crippen molar-refractivity contribution >= 4 is 63.2 Å². The van der Waals surface area contributed by atoms with E-state index >= 15 is 0 Å². The van der Waals surface area contributed by atoms with Crippen LogP contribution in [0.1, 0.15) is 107 Å². The number of rotatable bonds is 22. The van der Waals surface area contributed by atoms with Gasteiger partial charge in [0.05, 0.1) is 48.7 Å². The van der Waals surface area contributed by atoms with Crippen LogP contribution in [0.25, 0.3) is 22.0 Å². The van der Waals surface area contributed by atoms with E-state index in [1.807, 2.05) is 52.7 Å². The van der Waals surface area contributed by atoms with Gasteiger partial charge in [0.15, 0.2) is 0 Å². The van der Waals surface area contributed by atoms with Gasteiger partial charge < -0.3 is 44.9 Å². The Balaban J connectivity index is 0.758. The number of anilines is 1. The molecule has 4 aromatic carbocycles. The lowest BCUT2D eigenvalue weighted by molar-refractivity contribution is -0.164. The number of carbonyl (C=O) groups is 4. The van der Waals surface area contributed by atoms with Crippen LogP contribution in [-0.4, -0.2) is 121 Å². The summed E-state index contributed by atoms with van der Waals surface area (Å²) in [6.45, 7) is 13.0. The van der Waals surface area contributed by atoms with Crippen LogP contribution in [-0.2, 0) is 19.1 Å². The lowest BCUT2D eigenvalue weighted by atomic mass is 9.49. The summed E-state index contributed by atoms with van der Waals surface area (Å²) >= 11 is 7.78. The van der Waals surface area contributed by atoms with Crippen molar-refractivity contribution in [3.8, 4) is 28.8 Å². The zero-order valence-electron chi connectivity index (χ0n) is 44.2. The van der Waals surface area contributed by atoms with Crippen LogP contribution in [0.15, 0.2) is 84.2 Å². The molecule has 18 heteroatoms. The Morgan fingerprint density at radius 1 is 0.895 bits per heavy atom. The molecule has 8 rings (SSSR count). The van der Waals surface area contributed by atoms with Crippen LogP contribution in [0.2, 0.25) is 5.02 Å². The predicted octanol–water partition coefficient (Wildman–Crippen LogP) is 10.4. The Kier molecular flexibility index (Phi) is 18.1. The molecule has 3 atom stereocenters. The lowest BCUT2D eigenvalue weighted by Crippen LogP contribution is -2.74. The van der Waals surface area contributed by atoms with Gasteiger partial charge in [0, 0.05) is 70.7 Å². The number of halogens is 1. The summed E-state index contributed by atoms with van der Waals surface area (Å²) in [5.41, 5.74) is 2.85. The number of carbonyl (C=O) groups excluding carboxylic acids is 3. The van der Waals surface area contributed by atoms with Crippen LogP contribution in [0.4, 0.5) is 10.5 Å². The van der Waals surface area contributed by atoms with E-state index in [0.717, 1.165) is 88.3 Å². The zero-order chi connectivity index (χ0) is 54.1. The number of carboxylic acid groups (broad SMARTS) is 1. The van der Waals surface area contributed by atoms with E-state index in [0.29, 0.717) is 68.0 Å². The number of nitrogens with zero attached hydrogens (tertiary/aromatic N) is 4. The number of likely N-dealkylation sites (tertiary alicyclic amines) is 1. The molecule has 2 heterocycles. The third-order valence-corrected chi connectivity index (χ3v) is 16.7. The number of fused-ring (bicyclic) bond motifs is 1. The number of amides is 4. The molecular formula is C58H70ClN7O9S. The first kappa shape index (κ1) is 55.8. The number of hydrogen-bond acceptors (Lipinski definition) is 12. The molecule has 0 bridgehead atoms. The smallest absolute Gasteiger partial charge is 0.407 e. The maximum atomic E-state index is 14.5. The van der Waals surface area contributed by atoms with Gasteiger partial charge in [-0.05, 0) is 92.4 Å². The average molecular weight is 1080 g/mol. The highest BCUT2D eigenvalue weighted by molar-refractivity contribution is 7.10. The Bertz CT molecular complexity index is 2880. The molecule has 0 unspecified atom stereocenters. The Hall–Kier alpha value is -6.45. The second kappa shape index (κ2) is 24.7. The minimum atomic E-state index is -1.20. The van der Waals surface area contributed by atoms with E-state index < -0.39 is 24.1 Å². The van der Waals surface area contributed by atoms with Crippen molar-refractivity contribution in [2.45, 2.75) is 110 Å². The highest BCUT2D eigenvalue weighted by atomic mass is 35.5. The zero-order valence-corrected chi connectivity index (χ0v) is 45.8. The number of ether oxygens (including phenoxy) is 4. The van der Waals surface area contributed by atoms with Gasteiger partial charge in [-0.15, -0.1) is 11.3 Å². The standard InChI is InChI=1S/C58H70ClN7O9S/c1-36(65(6)56(70)71)50(67)63-49(37-13-8-7-9-14-37)53(69)66-27-12-17-47(66)52-62-46(35-76-52)43-24-25-48(44-16-11-10-15-42(43)44)74-32-31-73-30-29-72-28-26-61-40-21-18-38(19-22-40)51(68)64-54-57(2,3)55(58(54,4)5)75-41-23-20-39(34-60)45(59)33-41/h10-11,15-16,18-25,33,35-37,47,49,54-55,61H,7-9,12-14,17,26-32H2,1-6H3,(H,63,67)(H,64,68)(H,70,71)/t36-,47-,49-,54-,55-/m0/s1. The van der Waals surface area contributed by atoms with E-state index in [1.165, 1.54) is 25.3 Å². The molecule has 0 spiro atoms. The van der Waals surface area contributed by atoms with Crippen molar-refractivity contribution < 1.29 is 43.2 Å². The summed E-state index contributed by atoms with van der Waals surface area (Å²) in [5.74, 6) is 0.551. The van der Waals surface area contributed by atoms with Gasteiger partial charge >= 0.3 is 6.09 Å². The van der Waals surface area contributed by atoms with Crippen molar-refractivity contribution in [2.75, 3.05) is 58.5 Å². The largest absolute Gasteiger partial charge is 0.491 e. The molecule has 2 aliphatic carbocycles. The fourth-order valence-corrected chi connectivity index (χ4v) is 12.6. The van der Waals surface area contributed by atoms with E-state index in [4.69, 9.17) is 35.5 Å². The summed E-state index contributed by atoms with van der Waals surface area (Å²) in [6.07, 6.45) is 4.91. The fraction of sp³-hybridized carbons (Fsp3) is 0.483. The molecule has 5 aromatic rings. The van der Waals surface area contributed by atoms with Crippen LogP contribution in [0.5, 0.6) is 11.5 Å². The number of aromatic nitrogens is 1. The number of likely N-dealkylation sites (N-methyl/N-ethyl adjacent to an activating group) is 1. The molecule has 4 N–H and O–H groups in total. The molecule has 404 valence electrons. The molecule has 1 saturated heterocycles. The minimum Gasteiger partial charge on any atom is -0.491 e. The molecule has 76 heavy (non-hydrogen) atoms. The molecular weight excluding hydrogens is 1010 g/mol. The van der Waals surface area contributed by atoms with Gasteiger partial charge in [-0.25, -0.2) is 9.78 Å². The van der Waals surface area contributed by atoms with E-state index in [-0.39, 0.29) is 46.7 Å². The third-order valence-electron chi connectivity index (χ3n) is 15.5. The molecule has 0 radical (unpaired) electrons. The summed E-state index contributed by atoms with van der Waals surface area (Å²) in [5, 5.41) is 33.5. The molecule has 1 aliphatic heterocycles. The Morgan fingerprint density at radius 3 is 2.29 bits per heavy atom. The highest BCUT2D eigenvalue weighted by Gasteiger charge is 2.64. The van der Waals surface area contributed by atoms with Gasteiger partial charge in [0.25, 0.3) is 5.91 Å². The van der Waals surface area contributed by atoms with Crippen LogP contribution < -0.4 is 25.4 Å². The van der Waals surface area contributed by atoms with Crippen molar-refractivity contribution in [2.24, 2.45) is 16.7 Å². The first-order valence-corrected chi connectivity index (χ1v) is 27.6. The quantitative estimate of drug-likeness (QED) is 0.0478. The molecule has 16 nitrogen and oxygen atoms in total. The van der Waals surface area contributed by atoms with Gasteiger partial charge in [-0.3, -0.25) is 19.3 Å². The number of thiazole rings is 1. The predicted molar refractivity (Wildman–Crippen MR) is 294 cm³/mol. The summed E-state index contributed by atoms with van der Waals surface area (Å²) in [4.78, 5) is 60.8. The fourth-order valence-electron chi connectivity index (χ4n) is 11.5.